The number of carbonyl (C=O) groups excluding carboxylic acids is 1. The Morgan fingerprint density at radius 3 is 2.11 bits per heavy atom. The Morgan fingerprint density at radius 1 is 0.929 bits per heavy atom. The molecule has 2 N–H and O–H groups in total. The number of ether oxygens (including phenoxy) is 1. The van der Waals surface area contributed by atoms with E-state index in [9.17, 15) is 18.0 Å². The van der Waals surface area contributed by atoms with Crippen molar-refractivity contribution in [1.29, 1.82) is 0 Å². The van der Waals surface area contributed by atoms with Crippen molar-refractivity contribution in [1.82, 2.24) is 4.98 Å². The van der Waals surface area contributed by atoms with Crippen LogP contribution in [0.2, 0.25) is 0 Å². The largest absolute Gasteiger partial charge is 0.497 e. The van der Waals surface area contributed by atoms with Crippen LogP contribution in [-0.4, -0.2) is 18.0 Å². The van der Waals surface area contributed by atoms with Crippen molar-refractivity contribution >= 4 is 23.1 Å². The summed E-state index contributed by atoms with van der Waals surface area (Å²) in [5.74, 6) is 0.784. The van der Waals surface area contributed by atoms with E-state index < -0.39 is 11.7 Å². The molecule has 3 rings (SSSR count). The molecule has 1 amide bonds. The molecule has 2 aromatic carbocycles. The van der Waals surface area contributed by atoms with Crippen LogP contribution < -0.4 is 15.4 Å². The molecule has 0 spiro atoms. The van der Waals surface area contributed by atoms with E-state index in [1.54, 1.807) is 43.5 Å². The Kier molecular flexibility index (Phi) is 5.49. The summed E-state index contributed by atoms with van der Waals surface area (Å²) in [4.78, 5) is 16.4. The number of pyridine rings is 1. The molecule has 5 nitrogen and oxygen atoms in total. The van der Waals surface area contributed by atoms with Crippen LogP contribution >= 0.6 is 0 Å². The Hall–Kier alpha value is -3.55. The van der Waals surface area contributed by atoms with Gasteiger partial charge in [-0.15, -0.1) is 0 Å². The van der Waals surface area contributed by atoms with Crippen molar-refractivity contribution in [2.75, 3.05) is 17.7 Å². The van der Waals surface area contributed by atoms with Gasteiger partial charge in [0, 0.05) is 11.3 Å². The summed E-state index contributed by atoms with van der Waals surface area (Å²) in [7, 11) is 1.54. The van der Waals surface area contributed by atoms with Gasteiger partial charge in [0.05, 0.1) is 24.6 Å². The maximum atomic E-state index is 12.6. The van der Waals surface area contributed by atoms with Crippen LogP contribution in [-0.2, 0) is 6.18 Å². The molecule has 0 bridgehead atoms. The molecule has 0 aliphatic carbocycles. The molecule has 0 saturated heterocycles. The molecule has 0 unspecified atom stereocenters. The van der Waals surface area contributed by atoms with Gasteiger partial charge >= 0.3 is 6.18 Å². The number of halogens is 3. The number of anilines is 3. The maximum Gasteiger partial charge on any atom is 0.416 e. The first-order valence-electron chi connectivity index (χ1n) is 8.21. The SMILES string of the molecule is COc1ccc(C(=O)Nc2ccc(Nc3ccc(C(F)(F)F)cc3)nc2)cc1. The van der Waals surface area contributed by atoms with Crippen LogP contribution in [0.15, 0.2) is 66.9 Å². The first-order chi connectivity index (χ1) is 13.3. The number of hydrogen-bond acceptors (Lipinski definition) is 4. The fraction of sp³-hybridized carbons (Fsp3) is 0.100. The number of amides is 1. The molecule has 28 heavy (non-hydrogen) atoms. The second-order valence-electron chi connectivity index (χ2n) is 5.81. The lowest BCUT2D eigenvalue weighted by Crippen LogP contribution is -2.12. The highest BCUT2D eigenvalue weighted by Crippen LogP contribution is 2.30. The fourth-order valence-electron chi connectivity index (χ4n) is 2.38. The van der Waals surface area contributed by atoms with Crippen LogP contribution in [0.3, 0.4) is 0 Å². The minimum Gasteiger partial charge on any atom is -0.497 e. The number of carbonyl (C=O) groups is 1. The standard InChI is InChI=1S/C20H16F3N3O2/c1-28-17-9-2-13(3-10-17)19(27)26-16-8-11-18(24-12-16)25-15-6-4-14(5-7-15)20(21,22)23/h2-12H,1H3,(H,24,25)(H,26,27). The van der Waals surface area contributed by atoms with E-state index in [1.165, 1.54) is 18.3 Å². The van der Waals surface area contributed by atoms with Gasteiger partial charge in [-0.05, 0) is 60.7 Å². The maximum absolute atomic E-state index is 12.6. The molecule has 0 fully saturated rings. The predicted octanol–water partition coefficient (Wildman–Crippen LogP) is 5.10. The zero-order valence-corrected chi connectivity index (χ0v) is 14.7. The topological polar surface area (TPSA) is 63.2 Å². The summed E-state index contributed by atoms with van der Waals surface area (Å²) in [5.41, 5.74) is 0.699. The lowest BCUT2D eigenvalue weighted by molar-refractivity contribution is -0.137. The number of rotatable bonds is 5. The van der Waals surface area contributed by atoms with E-state index >= 15 is 0 Å². The van der Waals surface area contributed by atoms with Crippen molar-refractivity contribution in [2.24, 2.45) is 0 Å². The Morgan fingerprint density at radius 2 is 1.57 bits per heavy atom. The molecule has 1 aromatic heterocycles. The van der Waals surface area contributed by atoms with Gasteiger partial charge in [0.1, 0.15) is 11.6 Å². The average molecular weight is 387 g/mol. The van der Waals surface area contributed by atoms with Gasteiger partial charge in [-0.1, -0.05) is 0 Å². The van der Waals surface area contributed by atoms with E-state index in [0.29, 0.717) is 28.5 Å². The smallest absolute Gasteiger partial charge is 0.416 e. The molecule has 0 atom stereocenters. The van der Waals surface area contributed by atoms with Crippen molar-refractivity contribution in [3.8, 4) is 5.75 Å². The first kappa shape index (κ1) is 19.2. The van der Waals surface area contributed by atoms with Gasteiger partial charge in [-0.2, -0.15) is 13.2 Å². The highest BCUT2D eigenvalue weighted by atomic mass is 19.4. The quantitative estimate of drug-likeness (QED) is 0.639. The van der Waals surface area contributed by atoms with E-state index in [4.69, 9.17) is 4.74 Å². The van der Waals surface area contributed by atoms with Gasteiger partial charge in [0.2, 0.25) is 0 Å². The van der Waals surface area contributed by atoms with Crippen LogP contribution in [0.4, 0.5) is 30.4 Å². The van der Waals surface area contributed by atoms with E-state index in [-0.39, 0.29) is 5.91 Å². The Balaban J connectivity index is 1.62. The summed E-state index contributed by atoms with van der Waals surface area (Å²) in [6.45, 7) is 0. The van der Waals surface area contributed by atoms with Gasteiger partial charge in [0.25, 0.3) is 5.91 Å². The molecule has 0 radical (unpaired) electrons. The number of alkyl halides is 3. The van der Waals surface area contributed by atoms with E-state index in [0.717, 1.165) is 12.1 Å². The van der Waals surface area contributed by atoms with E-state index in [2.05, 4.69) is 15.6 Å². The highest BCUT2D eigenvalue weighted by molar-refractivity contribution is 6.04. The zero-order valence-electron chi connectivity index (χ0n) is 14.7. The number of benzene rings is 2. The van der Waals surface area contributed by atoms with Crippen molar-refractivity contribution in [3.05, 3.63) is 78.0 Å². The Bertz CT molecular complexity index is 938. The third kappa shape index (κ3) is 4.79. The van der Waals surface area contributed by atoms with Crippen molar-refractivity contribution in [3.63, 3.8) is 0 Å². The number of hydrogen-bond donors (Lipinski definition) is 2. The molecule has 0 aliphatic rings. The highest BCUT2D eigenvalue weighted by Gasteiger charge is 2.29. The van der Waals surface area contributed by atoms with Crippen LogP contribution in [0.1, 0.15) is 15.9 Å². The van der Waals surface area contributed by atoms with Crippen LogP contribution in [0, 0.1) is 0 Å². The number of nitrogens with zero attached hydrogens (tertiary/aromatic N) is 1. The monoisotopic (exact) mass is 387 g/mol. The van der Waals surface area contributed by atoms with Crippen molar-refractivity contribution < 1.29 is 22.7 Å². The molecule has 8 heteroatoms. The average Bonchev–Trinajstić information content (AvgIpc) is 2.69. The third-order valence-corrected chi connectivity index (χ3v) is 3.86. The summed E-state index contributed by atoms with van der Waals surface area (Å²) in [6.07, 6.45) is -2.92. The van der Waals surface area contributed by atoms with Gasteiger partial charge in [0.15, 0.2) is 0 Å². The molecule has 144 valence electrons. The zero-order chi connectivity index (χ0) is 20.1. The predicted molar refractivity (Wildman–Crippen MR) is 99.9 cm³/mol. The summed E-state index contributed by atoms with van der Waals surface area (Å²) in [5, 5.41) is 5.62. The molecule has 0 aliphatic heterocycles. The van der Waals surface area contributed by atoms with Crippen LogP contribution in [0.5, 0.6) is 5.75 Å². The third-order valence-electron chi connectivity index (χ3n) is 3.86. The summed E-state index contributed by atoms with van der Waals surface area (Å²) >= 11 is 0. The first-order valence-corrected chi connectivity index (χ1v) is 8.21. The fourth-order valence-corrected chi connectivity index (χ4v) is 2.38. The molecule has 0 saturated carbocycles. The minimum absolute atomic E-state index is 0.298. The van der Waals surface area contributed by atoms with Gasteiger partial charge in [-0.3, -0.25) is 4.79 Å². The normalized spacial score (nSPS) is 11.0. The Labute approximate surface area is 159 Å². The molecular weight excluding hydrogens is 371 g/mol. The van der Waals surface area contributed by atoms with Gasteiger partial charge < -0.3 is 15.4 Å². The number of aromatic nitrogens is 1. The van der Waals surface area contributed by atoms with E-state index in [1.807, 2.05) is 0 Å². The minimum atomic E-state index is -4.37. The van der Waals surface area contributed by atoms with Crippen molar-refractivity contribution in [2.45, 2.75) is 6.18 Å². The molecule has 3 aromatic rings. The lowest BCUT2D eigenvalue weighted by Gasteiger charge is -2.10. The van der Waals surface area contributed by atoms with Gasteiger partial charge in [-0.25, -0.2) is 4.98 Å². The molecular formula is C20H16F3N3O2. The molecule has 1 heterocycles. The van der Waals surface area contributed by atoms with Crippen LogP contribution in [0.25, 0.3) is 0 Å². The number of methoxy groups -OCH3 is 1. The lowest BCUT2D eigenvalue weighted by atomic mass is 10.2. The second-order valence-corrected chi connectivity index (χ2v) is 5.81. The summed E-state index contributed by atoms with van der Waals surface area (Å²) in [6, 6.07) is 14.5. The summed E-state index contributed by atoms with van der Waals surface area (Å²) < 4.78 is 42.8. The second kappa shape index (κ2) is 7.99. The number of nitrogens with one attached hydrogen (secondary N) is 2.